The highest BCUT2D eigenvalue weighted by Crippen LogP contribution is 2.28. The minimum Gasteiger partial charge on any atom is -0.493 e. The molecule has 2 aromatic carbocycles. The molecule has 1 N–H and O–H groups in total. The van der Waals surface area contributed by atoms with Gasteiger partial charge in [0, 0.05) is 37.4 Å². The second-order valence-corrected chi connectivity index (χ2v) is 8.14. The van der Waals surface area contributed by atoms with Gasteiger partial charge >= 0.3 is 0 Å². The highest BCUT2D eigenvalue weighted by atomic mass is 16.5. The molecule has 1 aromatic heterocycles. The zero-order chi connectivity index (χ0) is 23.2. The average molecular weight is 448 g/mol. The Kier molecular flexibility index (Phi) is 7.04. The van der Waals surface area contributed by atoms with E-state index in [0.29, 0.717) is 17.2 Å². The van der Waals surface area contributed by atoms with E-state index in [1.807, 2.05) is 55.5 Å². The Morgan fingerprint density at radius 3 is 2.55 bits per heavy atom. The van der Waals surface area contributed by atoms with Crippen molar-refractivity contribution in [1.82, 2.24) is 15.1 Å². The van der Waals surface area contributed by atoms with Crippen LogP contribution in [0.5, 0.6) is 11.5 Å². The number of carbonyl (C=O) groups is 1. The minimum atomic E-state index is -0.258. The Hall–Kier alpha value is -3.65. The van der Waals surface area contributed by atoms with Crippen molar-refractivity contribution in [2.24, 2.45) is 0 Å². The maximum atomic E-state index is 12.4. The summed E-state index contributed by atoms with van der Waals surface area (Å²) in [6.45, 7) is 5.78. The fourth-order valence-electron chi connectivity index (χ4n) is 3.67. The molecule has 0 unspecified atom stereocenters. The van der Waals surface area contributed by atoms with Gasteiger partial charge in [-0.25, -0.2) is 0 Å². The standard InChI is InChI=1S/C25H29N5O3/c1-18-7-9-22(23(15-18)32-3)33-17-25(31)26-20-6-4-5-19(16-20)21-8-10-24(28-27-21)30-13-11-29(2)12-14-30/h4-10,15-16H,11-14,17H2,1-3H3,(H,26,31). The van der Waals surface area contributed by atoms with Crippen LogP contribution in [0.1, 0.15) is 5.56 Å². The summed E-state index contributed by atoms with van der Waals surface area (Å²) in [6, 6.07) is 17.1. The van der Waals surface area contributed by atoms with Crippen LogP contribution in [0.4, 0.5) is 11.5 Å². The number of hydrogen-bond donors (Lipinski definition) is 1. The summed E-state index contributed by atoms with van der Waals surface area (Å²) in [5.74, 6) is 1.76. The molecule has 1 fully saturated rings. The highest BCUT2D eigenvalue weighted by molar-refractivity contribution is 5.92. The van der Waals surface area contributed by atoms with Crippen LogP contribution in [-0.4, -0.2) is 67.9 Å². The molecular weight excluding hydrogens is 418 g/mol. The number of piperazine rings is 1. The molecule has 3 aromatic rings. The van der Waals surface area contributed by atoms with E-state index in [1.165, 1.54) is 0 Å². The van der Waals surface area contributed by atoms with E-state index >= 15 is 0 Å². The smallest absolute Gasteiger partial charge is 0.262 e. The van der Waals surface area contributed by atoms with Crippen LogP contribution in [-0.2, 0) is 4.79 Å². The first-order valence-electron chi connectivity index (χ1n) is 11.0. The summed E-state index contributed by atoms with van der Waals surface area (Å²) >= 11 is 0. The topological polar surface area (TPSA) is 79.8 Å². The first-order valence-corrected chi connectivity index (χ1v) is 11.0. The van der Waals surface area contributed by atoms with Gasteiger partial charge in [0.25, 0.3) is 5.91 Å². The number of anilines is 2. The van der Waals surface area contributed by atoms with Crippen molar-refractivity contribution in [2.75, 3.05) is 57.2 Å². The van der Waals surface area contributed by atoms with E-state index in [-0.39, 0.29) is 12.5 Å². The van der Waals surface area contributed by atoms with Gasteiger partial charge in [-0.3, -0.25) is 4.79 Å². The van der Waals surface area contributed by atoms with Crippen LogP contribution in [0, 0.1) is 6.92 Å². The number of carbonyl (C=O) groups excluding carboxylic acids is 1. The van der Waals surface area contributed by atoms with Crippen LogP contribution in [0.2, 0.25) is 0 Å². The van der Waals surface area contributed by atoms with Gasteiger partial charge in [0.15, 0.2) is 23.9 Å². The maximum Gasteiger partial charge on any atom is 0.262 e. The Bertz CT molecular complexity index is 1100. The summed E-state index contributed by atoms with van der Waals surface area (Å²) in [5, 5.41) is 11.7. The molecule has 0 saturated carbocycles. The van der Waals surface area contributed by atoms with E-state index in [2.05, 4.69) is 32.4 Å². The number of aryl methyl sites for hydroxylation is 1. The molecular formula is C25H29N5O3. The molecule has 0 aliphatic carbocycles. The summed E-state index contributed by atoms with van der Waals surface area (Å²) in [4.78, 5) is 17.0. The first kappa shape index (κ1) is 22.5. The Balaban J connectivity index is 1.37. The van der Waals surface area contributed by atoms with Gasteiger partial charge in [0.05, 0.1) is 12.8 Å². The maximum absolute atomic E-state index is 12.4. The largest absolute Gasteiger partial charge is 0.493 e. The molecule has 1 amide bonds. The molecule has 1 aliphatic heterocycles. The summed E-state index contributed by atoms with van der Waals surface area (Å²) in [5.41, 5.74) is 3.36. The van der Waals surface area contributed by atoms with Crippen LogP contribution in [0.25, 0.3) is 11.3 Å². The number of methoxy groups -OCH3 is 1. The van der Waals surface area contributed by atoms with Gasteiger partial charge in [-0.15, -0.1) is 10.2 Å². The normalized spacial score (nSPS) is 14.1. The predicted octanol–water partition coefficient (Wildman–Crippen LogP) is 3.23. The SMILES string of the molecule is COc1cc(C)ccc1OCC(=O)Nc1cccc(-c2ccc(N3CCN(C)CC3)nn2)c1. The number of amides is 1. The van der Waals surface area contributed by atoms with Crippen molar-refractivity contribution in [3.05, 3.63) is 60.2 Å². The number of rotatable bonds is 7. The van der Waals surface area contributed by atoms with Crippen LogP contribution >= 0.6 is 0 Å². The number of hydrogen-bond acceptors (Lipinski definition) is 7. The van der Waals surface area contributed by atoms with Crippen LogP contribution in [0.3, 0.4) is 0 Å². The van der Waals surface area contributed by atoms with Gasteiger partial charge in [-0.1, -0.05) is 18.2 Å². The third-order valence-corrected chi connectivity index (χ3v) is 5.60. The molecule has 1 saturated heterocycles. The summed E-state index contributed by atoms with van der Waals surface area (Å²) < 4.78 is 11.0. The van der Waals surface area contributed by atoms with Gasteiger partial charge in [-0.2, -0.15) is 0 Å². The van der Waals surface area contributed by atoms with Crippen LogP contribution in [0.15, 0.2) is 54.6 Å². The lowest BCUT2D eigenvalue weighted by Gasteiger charge is -2.32. The third-order valence-electron chi connectivity index (χ3n) is 5.60. The van der Waals surface area contributed by atoms with Gasteiger partial charge in [-0.05, 0) is 55.9 Å². The predicted molar refractivity (Wildman–Crippen MR) is 129 cm³/mol. The molecule has 0 bridgehead atoms. The van der Waals surface area contributed by atoms with Gasteiger partial charge < -0.3 is 24.6 Å². The van der Waals surface area contributed by atoms with Gasteiger partial charge in [0.2, 0.25) is 0 Å². The first-order chi connectivity index (χ1) is 16.0. The van der Waals surface area contributed by atoms with Crippen molar-refractivity contribution < 1.29 is 14.3 Å². The second kappa shape index (κ2) is 10.3. The number of aromatic nitrogens is 2. The highest BCUT2D eigenvalue weighted by Gasteiger charge is 2.16. The van der Waals surface area contributed by atoms with E-state index in [9.17, 15) is 4.79 Å². The number of benzene rings is 2. The quantitative estimate of drug-likeness (QED) is 0.596. The zero-order valence-electron chi connectivity index (χ0n) is 19.2. The molecule has 8 nitrogen and oxygen atoms in total. The Morgan fingerprint density at radius 1 is 1.00 bits per heavy atom. The molecule has 8 heteroatoms. The molecule has 1 aliphatic rings. The average Bonchev–Trinajstić information content (AvgIpc) is 2.84. The van der Waals surface area contributed by atoms with Crippen molar-refractivity contribution in [2.45, 2.75) is 6.92 Å². The van der Waals surface area contributed by atoms with Gasteiger partial charge in [0.1, 0.15) is 0 Å². The molecule has 172 valence electrons. The van der Waals surface area contributed by atoms with Crippen molar-refractivity contribution >= 4 is 17.4 Å². The lowest BCUT2D eigenvalue weighted by Crippen LogP contribution is -2.44. The molecule has 2 heterocycles. The molecule has 0 atom stereocenters. The summed E-state index contributed by atoms with van der Waals surface area (Å²) in [6.07, 6.45) is 0. The Morgan fingerprint density at radius 2 is 1.82 bits per heavy atom. The minimum absolute atomic E-state index is 0.122. The van der Waals surface area contributed by atoms with Crippen molar-refractivity contribution in [3.63, 3.8) is 0 Å². The van der Waals surface area contributed by atoms with Crippen molar-refractivity contribution in [1.29, 1.82) is 0 Å². The third kappa shape index (κ3) is 5.78. The number of nitrogens with one attached hydrogen (secondary N) is 1. The fourth-order valence-corrected chi connectivity index (χ4v) is 3.67. The number of nitrogens with zero attached hydrogens (tertiary/aromatic N) is 4. The van der Waals surface area contributed by atoms with E-state index in [1.54, 1.807) is 13.2 Å². The number of likely N-dealkylation sites (N-methyl/N-ethyl adjacent to an activating group) is 1. The lowest BCUT2D eigenvalue weighted by molar-refractivity contribution is -0.118. The molecule has 0 spiro atoms. The fraction of sp³-hybridized carbons (Fsp3) is 0.320. The van der Waals surface area contributed by atoms with Crippen LogP contribution < -0.4 is 19.7 Å². The molecule has 33 heavy (non-hydrogen) atoms. The molecule has 0 radical (unpaired) electrons. The van der Waals surface area contributed by atoms with E-state index in [0.717, 1.165) is 48.8 Å². The second-order valence-electron chi connectivity index (χ2n) is 8.14. The Labute approximate surface area is 194 Å². The van der Waals surface area contributed by atoms with E-state index in [4.69, 9.17) is 9.47 Å². The zero-order valence-corrected chi connectivity index (χ0v) is 19.2. The number of ether oxygens (including phenoxy) is 2. The summed E-state index contributed by atoms with van der Waals surface area (Å²) in [7, 11) is 3.71. The van der Waals surface area contributed by atoms with Crippen molar-refractivity contribution in [3.8, 4) is 22.8 Å². The lowest BCUT2D eigenvalue weighted by atomic mass is 10.1. The molecule has 4 rings (SSSR count). The monoisotopic (exact) mass is 447 g/mol. The van der Waals surface area contributed by atoms with E-state index < -0.39 is 0 Å².